The molecular formula is C13H17NO2. The minimum atomic E-state index is 0.126. The lowest BCUT2D eigenvalue weighted by atomic mass is 9.91. The summed E-state index contributed by atoms with van der Waals surface area (Å²) in [6.07, 6.45) is 2.07. The van der Waals surface area contributed by atoms with Gasteiger partial charge in [0.15, 0.2) is 5.78 Å². The fraction of sp³-hybridized carbons (Fsp3) is 0.462. The zero-order chi connectivity index (χ0) is 11.4. The Morgan fingerprint density at radius 2 is 2.38 bits per heavy atom. The van der Waals surface area contributed by atoms with Crippen LogP contribution in [-0.2, 0) is 0 Å². The molecule has 1 heterocycles. The molecule has 1 atom stereocenters. The van der Waals surface area contributed by atoms with Gasteiger partial charge in [0.05, 0.1) is 7.11 Å². The SMILES string of the molecule is COc1cccc(C(=O)C2CCCNC2)c1. The molecule has 3 heteroatoms. The molecule has 1 fully saturated rings. The van der Waals surface area contributed by atoms with Crippen molar-refractivity contribution in [3.05, 3.63) is 29.8 Å². The number of benzene rings is 1. The number of methoxy groups -OCH3 is 1. The number of ketones is 1. The quantitative estimate of drug-likeness (QED) is 0.789. The van der Waals surface area contributed by atoms with Gasteiger partial charge >= 0.3 is 0 Å². The molecule has 1 aromatic rings. The highest BCUT2D eigenvalue weighted by atomic mass is 16.5. The largest absolute Gasteiger partial charge is 0.497 e. The van der Waals surface area contributed by atoms with Gasteiger partial charge in [0.2, 0.25) is 0 Å². The number of Topliss-reactive ketones (excluding diaryl/α,β-unsaturated/α-hetero) is 1. The van der Waals surface area contributed by atoms with Crippen LogP contribution in [0.4, 0.5) is 0 Å². The zero-order valence-corrected chi connectivity index (χ0v) is 9.53. The first kappa shape index (κ1) is 11.1. The van der Waals surface area contributed by atoms with Crippen LogP contribution in [0.2, 0.25) is 0 Å². The normalized spacial score (nSPS) is 20.4. The van der Waals surface area contributed by atoms with Gasteiger partial charge in [-0.05, 0) is 31.5 Å². The maximum absolute atomic E-state index is 12.2. The van der Waals surface area contributed by atoms with E-state index >= 15 is 0 Å². The van der Waals surface area contributed by atoms with Crippen molar-refractivity contribution in [2.45, 2.75) is 12.8 Å². The van der Waals surface area contributed by atoms with Crippen molar-refractivity contribution < 1.29 is 9.53 Å². The van der Waals surface area contributed by atoms with E-state index in [1.54, 1.807) is 7.11 Å². The van der Waals surface area contributed by atoms with E-state index in [9.17, 15) is 4.79 Å². The van der Waals surface area contributed by atoms with E-state index in [1.807, 2.05) is 24.3 Å². The summed E-state index contributed by atoms with van der Waals surface area (Å²) < 4.78 is 5.12. The molecule has 1 aliphatic rings. The van der Waals surface area contributed by atoms with Crippen molar-refractivity contribution >= 4 is 5.78 Å². The number of hydrogen-bond donors (Lipinski definition) is 1. The fourth-order valence-electron chi connectivity index (χ4n) is 2.09. The Morgan fingerprint density at radius 1 is 1.50 bits per heavy atom. The van der Waals surface area contributed by atoms with Crippen LogP contribution in [0.3, 0.4) is 0 Å². The molecule has 0 bridgehead atoms. The second-order valence-electron chi connectivity index (χ2n) is 4.14. The average Bonchev–Trinajstić information content (AvgIpc) is 2.39. The van der Waals surface area contributed by atoms with Crippen LogP contribution in [0.25, 0.3) is 0 Å². The number of rotatable bonds is 3. The Balaban J connectivity index is 2.12. The molecule has 0 aromatic heterocycles. The Bertz CT molecular complexity index is 370. The average molecular weight is 219 g/mol. The van der Waals surface area contributed by atoms with Crippen molar-refractivity contribution in [3.63, 3.8) is 0 Å². The zero-order valence-electron chi connectivity index (χ0n) is 9.53. The van der Waals surface area contributed by atoms with Crippen molar-refractivity contribution in [2.24, 2.45) is 5.92 Å². The number of carbonyl (C=O) groups is 1. The van der Waals surface area contributed by atoms with Gasteiger partial charge in [0.1, 0.15) is 5.75 Å². The topological polar surface area (TPSA) is 38.3 Å². The summed E-state index contributed by atoms with van der Waals surface area (Å²) in [6.45, 7) is 1.83. The first-order chi connectivity index (χ1) is 7.81. The van der Waals surface area contributed by atoms with Crippen LogP contribution in [0.5, 0.6) is 5.75 Å². The van der Waals surface area contributed by atoms with Crippen molar-refractivity contribution in [2.75, 3.05) is 20.2 Å². The lowest BCUT2D eigenvalue weighted by Gasteiger charge is -2.21. The van der Waals surface area contributed by atoms with E-state index in [0.717, 1.165) is 37.2 Å². The van der Waals surface area contributed by atoms with E-state index < -0.39 is 0 Å². The van der Waals surface area contributed by atoms with E-state index in [1.165, 1.54) is 0 Å². The molecule has 1 aromatic carbocycles. The third kappa shape index (κ3) is 2.42. The smallest absolute Gasteiger partial charge is 0.167 e. The molecule has 2 rings (SSSR count). The molecular weight excluding hydrogens is 202 g/mol. The van der Waals surface area contributed by atoms with Gasteiger partial charge < -0.3 is 10.1 Å². The summed E-state index contributed by atoms with van der Waals surface area (Å²) in [4.78, 5) is 12.2. The molecule has 0 saturated carbocycles. The number of nitrogens with one attached hydrogen (secondary N) is 1. The molecule has 1 N–H and O–H groups in total. The summed E-state index contributed by atoms with van der Waals surface area (Å²) >= 11 is 0. The lowest BCUT2D eigenvalue weighted by Crippen LogP contribution is -2.34. The Hall–Kier alpha value is -1.35. The van der Waals surface area contributed by atoms with Gasteiger partial charge in [0.25, 0.3) is 0 Å². The summed E-state index contributed by atoms with van der Waals surface area (Å²) in [5, 5.41) is 3.26. The van der Waals surface area contributed by atoms with Gasteiger partial charge in [-0.15, -0.1) is 0 Å². The van der Waals surface area contributed by atoms with Gasteiger partial charge in [0, 0.05) is 18.0 Å². The summed E-state index contributed by atoms with van der Waals surface area (Å²) in [7, 11) is 1.62. The van der Waals surface area contributed by atoms with E-state index in [2.05, 4.69) is 5.32 Å². The Labute approximate surface area is 95.8 Å². The first-order valence-corrected chi connectivity index (χ1v) is 5.70. The lowest BCUT2D eigenvalue weighted by molar-refractivity contribution is 0.0899. The molecule has 0 aliphatic carbocycles. The standard InChI is InChI=1S/C13H17NO2/c1-16-12-6-2-4-10(8-12)13(15)11-5-3-7-14-9-11/h2,4,6,8,11,14H,3,5,7,9H2,1H3. The third-order valence-electron chi connectivity index (χ3n) is 3.02. The minimum Gasteiger partial charge on any atom is -0.497 e. The number of carbonyl (C=O) groups excluding carboxylic acids is 1. The van der Waals surface area contributed by atoms with Gasteiger partial charge in [-0.3, -0.25) is 4.79 Å². The van der Waals surface area contributed by atoms with Gasteiger partial charge in [-0.1, -0.05) is 12.1 Å². The van der Waals surface area contributed by atoms with Crippen molar-refractivity contribution in [1.82, 2.24) is 5.32 Å². The minimum absolute atomic E-state index is 0.126. The van der Waals surface area contributed by atoms with Crippen LogP contribution < -0.4 is 10.1 Å². The van der Waals surface area contributed by atoms with E-state index in [-0.39, 0.29) is 11.7 Å². The molecule has 3 nitrogen and oxygen atoms in total. The molecule has 1 aliphatic heterocycles. The number of piperidine rings is 1. The molecule has 86 valence electrons. The summed E-state index contributed by atoms with van der Waals surface area (Å²) in [6, 6.07) is 7.40. The van der Waals surface area contributed by atoms with Crippen LogP contribution in [0.1, 0.15) is 23.2 Å². The summed E-state index contributed by atoms with van der Waals surface area (Å²) in [5.41, 5.74) is 0.757. The van der Waals surface area contributed by atoms with Crippen LogP contribution in [0, 0.1) is 5.92 Å². The Morgan fingerprint density at radius 3 is 3.06 bits per heavy atom. The van der Waals surface area contributed by atoms with E-state index in [4.69, 9.17) is 4.74 Å². The predicted octanol–water partition coefficient (Wildman–Crippen LogP) is 1.88. The number of hydrogen-bond acceptors (Lipinski definition) is 3. The van der Waals surface area contributed by atoms with Crippen LogP contribution in [-0.4, -0.2) is 26.0 Å². The molecule has 1 saturated heterocycles. The summed E-state index contributed by atoms with van der Waals surface area (Å²) in [5.74, 6) is 1.10. The predicted molar refractivity (Wildman–Crippen MR) is 62.9 cm³/mol. The number of ether oxygens (including phenoxy) is 1. The maximum Gasteiger partial charge on any atom is 0.167 e. The highest BCUT2D eigenvalue weighted by molar-refractivity contribution is 5.98. The van der Waals surface area contributed by atoms with Gasteiger partial charge in [-0.25, -0.2) is 0 Å². The van der Waals surface area contributed by atoms with Crippen LogP contribution >= 0.6 is 0 Å². The monoisotopic (exact) mass is 219 g/mol. The highest BCUT2D eigenvalue weighted by Gasteiger charge is 2.22. The van der Waals surface area contributed by atoms with Crippen LogP contribution in [0.15, 0.2) is 24.3 Å². The Kier molecular flexibility index (Phi) is 3.57. The molecule has 0 amide bonds. The second-order valence-corrected chi connectivity index (χ2v) is 4.14. The third-order valence-corrected chi connectivity index (χ3v) is 3.02. The van der Waals surface area contributed by atoms with Gasteiger partial charge in [-0.2, -0.15) is 0 Å². The molecule has 1 unspecified atom stereocenters. The molecule has 0 spiro atoms. The van der Waals surface area contributed by atoms with Crippen molar-refractivity contribution in [3.8, 4) is 5.75 Å². The first-order valence-electron chi connectivity index (χ1n) is 5.70. The maximum atomic E-state index is 12.2. The van der Waals surface area contributed by atoms with E-state index in [0.29, 0.717) is 0 Å². The fourth-order valence-corrected chi connectivity index (χ4v) is 2.09. The highest BCUT2D eigenvalue weighted by Crippen LogP contribution is 2.19. The second kappa shape index (κ2) is 5.12. The van der Waals surface area contributed by atoms with Crippen molar-refractivity contribution in [1.29, 1.82) is 0 Å². The molecule has 0 radical (unpaired) electrons. The molecule has 16 heavy (non-hydrogen) atoms.